The minimum Gasteiger partial charge on any atom is -0.484 e. The molecular weight excluding hydrogens is 454 g/mol. The number of aromatic nitrogens is 3. The largest absolute Gasteiger partial charge is 0.484 e. The van der Waals surface area contributed by atoms with Crippen LogP contribution in [0.3, 0.4) is 0 Å². The van der Waals surface area contributed by atoms with Gasteiger partial charge in [-0.1, -0.05) is 24.1 Å². The van der Waals surface area contributed by atoms with Crippen molar-refractivity contribution in [3.05, 3.63) is 65.7 Å². The van der Waals surface area contributed by atoms with E-state index in [1.165, 1.54) is 17.8 Å². The molecule has 9 nitrogen and oxygen atoms in total. The summed E-state index contributed by atoms with van der Waals surface area (Å²) < 4.78 is 34.6. The molecule has 10 heteroatoms. The molecule has 0 aliphatic carbocycles. The van der Waals surface area contributed by atoms with Crippen LogP contribution in [0.2, 0.25) is 0 Å². The fourth-order valence-electron chi connectivity index (χ4n) is 3.81. The number of sulfonamides is 1. The van der Waals surface area contributed by atoms with Crippen molar-refractivity contribution in [1.29, 1.82) is 0 Å². The summed E-state index contributed by atoms with van der Waals surface area (Å²) in [6.45, 7) is 2.93. The van der Waals surface area contributed by atoms with Gasteiger partial charge in [0.15, 0.2) is 12.4 Å². The van der Waals surface area contributed by atoms with E-state index in [0.717, 1.165) is 43.0 Å². The standard InChI is InChI=1S/C24H29N5O4S/c1-18-7-13-21(14-8-18)34(31,32)28(2)19-9-11-20(12-10-19)33-17-24(30)25-16-23-27-26-22-6-4-3-5-15-29(22)23/h7-14H,3-6,15-17H2,1-2H3,(H,25,30). The van der Waals surface area contributed by atoms with Crippen molar-refractivity contribution < 1.29 is 17.9 Å². The molecule has 2 aromatic carbocycles. The van der Waals surface area contributed by atoms with Gasteiger partial charge in [-0.05, 0) is 56.2 Å². The van der Waals surface area contributed by atoms with Crippen molar-refractivity contribution in [2.45, 2.75) is 50.6 Å². The number of benzene rings is 2. The first-order chi connectivity index (χ1) is 16.3. The highest BCUT2D eigenvalue weighted by Crippen LogP contribution is 2.24. The number of nitrogens with one attached hydrogen (secondary N) is 1. The minimum absolute atomic E-state index is 0.155. The van der Waals surface area contributed by atoms with Crippen molar-refractivity contribution >= 4 is 21.6 Å². The molecule has 0 saturated carbocycles. The van der Waals surface area contributed by atoms with Gasteiger partial charge in [-0.3, -0.25) is 9.10 Å². The van der Waals surface area contributed by atoms with Crippen molar-refractivity contribution in [2.75, 3.05) is 18.0 Å². The number of amides is 1. The molecule has 180 valence electrons. The van der Waals surface area contributed by atoms with E-state index in [-0.39, 0.29) is 17.4 Å². The topological polar surface area (TPSA) is 106 Å². The maximum atomic E-state index is 12.9. The minimum atomic E-state index is -3.67. The molecule has 1 aliphatic rings. The number of hydrogen-bond donors (Lipinski definition) is 1. The van der Waals surface area contributed by atoms with E-state index in [4.69, 9.17) is 4.74 Å². The molecular formula is C24H29N5O4S. The van der Waals surface area contributed by atoms with E-state index in [1.54, 1.807) is 48.5 Å². The Labute approximate surface area is 199 Å². The Bertz CT molecular complexity index is 1240. The Morgan fingerprint density at radius 3 is 2.53 bits per heavy atom. The number of ether oxygens (including phenoxy) is 1. The normalized spacial score (nSPS) is 13.6. The van der Waals surface area contributed by atoms with Crippen LogP contribution in [0.1, 0.15) is 36.5 Å². The molecule has 0 fully saturated rings. The van der Waals surface area contributed by atoms with Gasteiger partial charge in [0, 0.05) is 20.0 Å². The SMILES string of the molecule is Cc1ccc(S(=O)(=O)N(C)c2ccc(OCC(=O)NCc3nnc4n3CCCCC4)cc2)cc1. The number of fused-ring (bicyclic) bond motifs is 1. The van der Waals surface area contributed by atoms with E-state index < -0.39 is 10.0 Å². The summed E-state index contributed by atoms with van der Waals surface area (Å²) in [4.78, 5) is 12.5. The second-order valence-electron chi connectivity index (χ2n) is 8.34. The van der Waals surface area contributed by atoms with Gasteiger partial charge in [0.2, 0.25) is 0 Å². The van der Waals surface area contributed by atoms with Crippen molar-refractivity contribution in [3.8, 4) is 5.75 Å². The third-order valence-electron chi connectivity index (χ3n) is 5.88. The van der Waals surface area contributed by atoms with Gasteiger partial charge in [-0.2, -0.15) is 0 Å². The lowest BCUT2D eigenvalue weighted by Crippen LogP contribution is -2.29. The number of hydrogen-bond acceptors (Lipinski definition) is 6. The summed E-state index contributed by atoms with van der Waals surface area (Å²) in [6.07, 6.45) is 4.30. The van der Waals surface area contributed by atoms with Gasteiger partial charge < -0.3 is 14.6 Å². The first kappa shape index (κ1) is 23.7. The molecule has 0 spiro atoms. The fraction of sp³-hybridized carbons (Fsp3) is 0.375. The molecule has 1 aromatic heterocycles. The third-order valence-corrected chi connectivity index (χ3v) is 7.68. The molecule has 34 heavy (non-hydrogen) atoms. The molecule has 1 N–H and O–H groups in total. The van der Waals surface area contributed by atoms with Gasteiger partial charge in [-0.15, -0.1) is 10.2 Å². The van der Waals surface area contributed by atoms with Gasteiger partial charge in [0.25, 0.3) is 15.9 Å². The number of rotatable bonds is 8. The van der Waals surface area contributed by atoms with Crippen LogP contribution in [0.5, 0.6) is 5.75 Å². The maximum Gasteiger partial charge on any atom is 0.264 e. The molecule has 0 bridgehead atoms. The Morgan fingerprint density at radius 2 is 1.79 bits per heavy atom. The van der Waals surface area contributed by atoms with E-state index in [1.807, 2.05) is 6.92 Å². The highest BCUT2D eigenvalue weighted by atomic mass is 32.2. The number of carbonyl (C=O) groups is 1. The molecule has 0 atom stereocenters. The highest BCUT2D eigenvalue weighted by molar-refractivity contribution is 7.92. The van der Waals surface area contributed by atoms with Gasteiger partial charge in [-0.25, -0.2) is 8.42 Å². The van der Waals surface area contributed by atoms with E-state index in [0.29, 0.717) is 18.0 Å². The second kappa shape index (κ2) is 10.3. The van der Waals surface area contributed by atoms with Gasteiger partial charge in [0.1, 0.15) is 11.6 Å². The predicted molar refractivity (Wildman–Crippen MR) is 128 cm³/mol. The summed E-state index contributed by atoms with van der Waals surface area (Å²) >= 11 is 0. The summed E-state index contributed by atoms with van der Waals surface area (Å²) in [5.74, 6) is 1.94. The summed E-state index contributed by atoms with van der Waals surface area (Å²) in [7, 11) is -2.17. The Kier molecular flexibility index (Phi) is 7.16. The smallest absolute Gasteiger partial charge is 0.264 e. The molecule has 0 unspecified atom stereocenters. The molecule has 0 saturated heterocycles. The summed E-state index contributed by atoms with van der Waals surface area (Å²) in [5.41, 5.74) is 1.48. The Morgan fingerprint density at radius 1 is 1.06 bits per heavy atom. The van der Waals surface area contributed by atoms with Crippen LogP contribution in [-0.4, -0.2) is 42.7 Å². The van der Waals surface area contributed by atoms with Crippen LogP contribution in [0.25, 0.3) is 0 Å². The van der Waals surface area contributed by atoms with Gasteiger partial charge >= 0.3 is 0 Å². The van der Waals surface area contributed by atoms with Crippen molar-refractivity contribution in [3.63, 3.8) is 0 Å². The molecule has 3 aromatic rings. The maximum absolute atomic E-state index is 12.9. The first-order valence-corrected chi connectivity index (χ1v) is 12.7. The summed E-state index contributed by atoms with van der Waals surface area (Å²) in [5, 5.41) is 11.3. The number of nitrogens with zero attached hydrogens (tertiary/aromatic N) is 4. The third kappa shape index (κ3) is 5.39. The van der Waals surface area contributed by atoms with Gasteiger partial charge in [0.05, 0.1) is 17.1 Å². The first-order valence-electron chi connectivity index (χ1n) is 11.3. The zero-order chi connectivity index (χ0) is 24.1. The van der Waals surface area contributed by atoms with E-state index in [9.17, 15) is 13.2 Å². The Hall–Kier alpha value is -3.40. The second-order valence-corrected chi connectivity index (χ2v) is 10.3. The lowest BCUT2D eigenvalue weighted by molar-refractivity contribution is -0.123. The average Bonchev–Trinajstić information content (AvgIpc) is 3.07. The van der Waals surface area contributed by atoms with Crippen LogP contribution >= 0.6 is 0 Å². The van der Waals surface area contributed by atoms with E-state index in [2.05, 4.69) is 20.1 Å². The fourth-order valence-corrected chi connectivity index (χ4v) is 5.01. The zero-order valence-electron chi connectivity index (χ0n) is 19.4. The van der Waals surface area contributed by atoms with E-state index >= 15 is 0 Å². The predicted octanol–water partition coefficient (Wildman–Crippen LogP) is 2.83. The lowest BCUT2D eigenvalue weighted by Gasteiger charge is -2.20. The van der Waals surface area contributed by atoms with Crippen molar-refractivity contribution in [2.24, 2.45) is 0 Å². The van der Waals surface area contributed by atoms with Crippen LogP contribution in [0, 0.1) is 6.92 Å². The van der Waals surface area contributed by atoms with Crippen LogP contribution in [-0.2, 0) is 34.3 Å². The lowest BCUT2D eigenvalue weighted by atomic mass is 10.2. The molecule has 2 heterocycles. The molecule has 1 amide bonds. The number of carbonyl (C=O) groups excluding carboxylic acids is 1. The highest BCUT2D eigenvalue weighted by Gasteiger charge is 2.21. The monoisotopic (exact) mass is 483 g/mol. The summed E-state index contributed by atoms with van der Waals surface area (Å²) in [6, 6.07) is 13.3. The van der Waals surface area contributed by atoms with Crippen LogP contribution in [0.15, 0.2) is 53.4 Å². The quantitative estimate of drug-likeness (QED) is 0.528. The molecule has 0 radical (unpaired) electrons. The zero-order valence-corrected chi connectivity index (χ0v) is 20.2. The number of anilines is 1. The number of aryl methyl sites for hydroxylation is 2. The van der Waals surface area contributed by atoms with Crippen molar-refractivity contribution in [1.82, 2.24) is 20.1 Å². The van der Waals surface area contributed by atoms with Crippen LogP contribution < -0.4 is 14.4 Å². The molecule has 1 aliphatic heterocycles. The Balaban J connectivity index is 1.30. The average molecular weight is 484 g/mol. The van der Waals surface area contributed by atoms with Crippen LogP contribution in [0.4, 0.5) is 5.69 Å². The molecule has 4 rings (SSSR count).